The summed E-state index contributed by atoms with van der Waals surface area (Å²) in [6.45, 7) is 7.12. The van der Waals surface area contributed by atoms with Crippen LogP contribution in [-0.2, 0) is 0 Å². The fourth-order valence-electron chi connectivity index (χ4n) is 2.35. The highest BCUT2D eigenvalue weighted by molar-refractivity contribution is 7.99. The molecule has 114 valence electrons. The first-order chi connectivity index (χ1) is 10.0. The lowest BCUT2D eigenvalue weighted by atomic mass is 9.92. The summed E-state index contributed by atoms with van der Waals surface area (Å²) in [5, 5.41) is 3.37. The lowest BCUT2D eigenvalue weighted by Gasteiger charge is -2.37. The maximum absolute atomic E-state index is 11.1. The largest absolute Gasteiger partial charge is 0.384 e. The molecule has 1 aliphatic rings. The quantitative estimate of drug-likeness (QED) is 0.664. The zero-order valence-electron chi connectivity index (χ0n) is 12.6. The van der Waals surface area contributed by atoms with Crippen LogP contribution < -0.4 is 5.32 Å². The maximum Gasteiger partial charge on any atom is 0.152 e. The van der Waals surface area contributed by atoms with E-state index >= 15 is 0 Å². The average molecular weight is 322 g/mol. The highest BCUT2D eigenvalue weighted by Crippen LogP contribution is 2.24. The Kier molecular flexibility index (Phi) is 5.65. The highest BCUT2D eigenvalue weighted by Gasteiger charge is 2.29. The molecule has 1 saturated heterocycles. The van der Waals surface area contributed by atoms with Crippen LogP contribution in [0.25, 0.3) is 0 Å². The van der Waals surface area contributed by atoms with Crippen LogP contribution in [0.4, 0.5) is 5.69 Å². The minimum Gasteiger partial charge on any atom is -0.384 e. The molecule has 0 spiro atoms. The Morgan fingerprint density at radius 3 is 2.71 bits per heavy atom. The third kappa shape index (κ3) is 4.20. The van der Waals surface area contributed by atoms with E-state index in [1.807, 2.05) is 36.0 Å². The predicted octanol–water partition coefficient (Wildman–Crippen LogP) is 3.31. The van der Waals surface area contributed by atoms with Gasteiger partial charge in [-0.15, -0.1) is 0 Å². The van der Waals surface area contributed by atoms with Crippen molar-refractivity contribution in [3.8, 4) is 0 Å². The fourth-order valence-corrected chi connectivity index (χ4v) is 3.50. The van der Waals surface area contributed by atoms with Crippen molar-refractivity contribution in [2.75, 3.05) is 36.5 Å². The third-order valence-corrected chi connectivity index (χ3v) is 5.44. The molecule has 1 aromatic carbocycles. The number of rotatable bonds is 5. The first-order valence-corrected chi connectivity index (χ1v) is 8.76. The lowest BCUT2D eigenvalue weighted by Crippen LogP contribution is -2.46. The lowest BCUT2D eigenvalue weighted by molar-refractivity contribution is 0.112. The second kappa shape index (κ2) is 7.27. The molecule has 1 N–H and O–H groups in total. The summed E-state index contributed by atoms with van der Waals surface area (Å²) in [6, 6.07) is 7.56. The van der Waals surface area contributed by atoms with Gasteiger partial charge in [0.2, 0.25) is 0 Å². The van der Waals surface area contributed by atoms with Crippen LogP contribution in [0.1, 0.15) is 24.2 Å². The van der Waals surface area contributed by atoms with E-state index in [1.54, 1.807) is 0 Å². The first-order valence-electron chi connectivity index (χ1n) is 7.20. The number of carbonyl (C=O) groups is 1. The van der Waals surface area contributed by atoms with Gasteiger partial charge in [-0.2, -0.15) is 11.8 Å². The van der Waals surface area contributed by atoms with Gasteiger partial charge in [-0.25, -0.2) is 0 Å². The zero-order chi connectivity index (χ0) is 15.3. The van der Waals surface area contributed by atoms with Crippen molar-refractivity contribution in [3.05, 3.63) is 29.8 Å². The maximum atomic E-state index is 11.1. The number of benzene rings is 1. The summed E-state index contributed by atoms with van der Waals surface area (Å²) >= 11 is 7.68. The van der Waals surface area contributed by atoms with Gasteiger partial charge in [0.1, 0.15) is 0 Å². The number of hydrogen-bond donors (Lipinski definition) is 1. The monoisotopic (exact) mass is 322 g/mol. The third-order valence-electron chi connectivity index (χ3n) is 3.69. The molecule has 1 aromatic rings. The number of nitrogens with zero attached hydrogens (tertiary/aromatic N) is 1. The Hall–Kier alpha value is -1.07. The molecule has 0 bridgehead atoms. The minimum absolute atomic E-state index is 0.118. The van der Waals surface area contributed by atoms with E-state index < -0.39 is 0 Å². The van der Waals surface area contributed by atoms with Gasteiger partial charge in [-0.05, 0) is 12.1 Å². The number of thioether (sulfide) groups is 1. The molecule has 0 radical (unpaired) electrons. The van der Waals surface area contributed by atoms with E-state index in [1.165, 1.54) is 0 Å². The van der Waals surface area contributed by atoms with Gasteiger partial charge in [-0.1, -0.05) is 38.2 Å². The summed E-state index contributed by atoms with van der Waals surface area (Å²) in [6.07, 6.45) is 0.884. The van der Waals surface area contributed by atoms with E-state index in [4.69, 9.17) is 12.2 Å². The van der Waals surface area contributed by atoms with Crippen LogP contribution in [0, 0.1) is 5.41 Å². The highest BCUT2D eigenvalue weighted by atomic mass is 32.2. The second-order valence-corrected chi connectivity index (χ2v) is 7.46. The topological polar surface area (TPSA) is 32.3 Å². The van der Waals surface area contributed by atoms with E-state index in [2.05, 4.69) is 24.1 Å². The molecule has 0 aromatic heterocycles. The molecular formula is C16H22N2OS2. The smallest absolute Gasteiger partial charge is 0.152 e. The summed E-state index contributed by atoms with van der Waals surface area (Å²) in [5.41, 5.74) is 1.44. The molecule has 3 nitrogen and oxygen atoms in total. The van der Waals surface area contributed by atoms with Gasteiger partial charge in [0.25, 0.3) is 0 Å². The molecule has 0 saturated carbocycles. The average Bonchev–Trinajstić information content (AvgIpc) is 2.53. The number of aldehydes is 1. The van der Waals surface area contributed by atoms with Gasteiger partial charge in [-0.3, -0.25) is 4.79 Å². The Bertz CT molecular complexity index is 511. The molecule has 5 heteroatoms. The van der Waals surface area contributed by atoms with Crippen LogP contribution in [-0.4, -0.2) is 47.3 Å². The van der Waals surface area contributed by atoms with Crippen molar-refractivity contribution in [1.82, 2.24) is 4.90 Å². The first kappa shape index (κ1) is 16.3. The van der Waals surface area contributed by atoms with Crippen LogP contribution in [0.2, 0.25) is 0 Å². The zero-order valence-corrected chi connectivity index (χ0v) is 14.2. The Labute approximate surface area is 136 Å². The van der Waals surface area contributed by atoms with Crippen molar-refractivity contribution in [3.63, 3.8) is 0 Å². The summed E-state index contributed by atoms with van der Waals surface area (Å²) in [7, 11) is 0. The number of nitrogens with one attached hydrogen (secondary N) is 1. The van der Waals surface area contributed by atoms with Gasteiger partial charge in [0.15, 0.2) is 6.29 Å². The summed E-state index contributed by atoms with van der Waals surface area (Å²) in [5.74, 6) is 2.30. The number of hydrogen-bond acceptors (Lipinski definition) is 4. The molecule has 1 fully saturated rings. The Balaban J connectivity index is 1.99. The van der Waals surface area contributed by atoms with E-state index in [9.17, 15) is 4.79 Å². The molecule has 21 heavy (non-hydrogen) atoms. The van der Waals surface area contributed by atoms with Crippen molar-refractivity contribution >= 4 is 40.9 Å². The van der Waals surface area contributed by atoms with Crippen LogP contribution in [0.5, 0.6) is 0 Å². The van der Waals surface area contributed by atoms with Gasteiger partial charge in [0, 0.05) is 47.8 Å². The van der Waals surface area contributed by atoms with Gasteiger partial charge in [0.05, 0.1) is 4.99 Å². The molecule has 0 amide bonds. The SMILES string of the molecule is CC(C)(CNc1ccccc1C=O)C(=S)N1CCSCC1. The summed E-state index contributed by atoms with van der Waals surface area (Å²) < 4.78 is 0. The molecular weight excluding hydrogens is 300 g/mol. The molecule has 0 atom stereocenters. The molecule has 2 rings (SSSR count). The van der Waals surface area contributed by atoms with E-state index in [0.717, 1.165) is 48.1 Å². The van der Waals surface area contributed by atoms with Gasteiger partial charge < -0.3 is 10.2 Å². The molecule has 0 unspecified atom stereocenters. The second-order valence-electron chi connectivity index (χ2n) is 5.85. The number of para-hydroxylation sites is 1. The number of thiocarbonyl (C=S) groups is 1. The molecule has 0 aliphatic carbocycles. The van der Waals surface area contributed by atoms with Crippen LogP contribution in [0.15, 0.2) is 24.3 Å². The van der Waals surface area contributed by atoms with E-state index in [-0.39, 0.29) is 5.41 Å². The number of anilines is 1. The fraction of sp³-hybridized carbons (Fsp3) is 0.500. The summed E-state index contributed by atoms with van der Waals surface area (Å²) in [4.78, 5) is 14.4. The predicted molar refractivity (Wildman–Crippen MR) is 95.6 cm³/mol. The molecule has 1 aliphatic heterocycles. The van der Waals surface area contributed by atoms with E-state index in [0.29, 0.717) is 5.56 Å². The van der Waals surface area contributed by atoms with Crippen LogP contribution in [0.3, 0.4) is 0 Å². The van der Waals surface area contributed by atoms with Gasteiger partial charge >= 0.3 is 0 Å². The number of carbonyl (C=O) groups excluding carboxylic acids is 1. The molecule has 1 heterocycles. The minimum atomic E-state index is -0.118. The van der Waals surface area contributed by atoms with Crippen LogP contribution >= 0.6 is 24.0 Å². The van der Waals surface area contributed by atoms with Crippen molar-refractivity contribution in [1.29, 1.82) is 0 Å². The van der Waals surface area contributed by atoms with Crippen molar-refractivity contribution < 1.29 is 4.79 Å². The Morgan fingerprint density at radius 2 is 2.05 bits per heavy atom. The van der Waals surface area contributed by atoms with Crippen molar-refractivity contribution in [2.45, 2.75) is 13.8 Å². The van der Waals surface area contributed by atoms with Crippen molar-refractivity contribution in [2.24, 2.45) is 5.41 Å². The standard InChI is InChI=1S/C16H22N2OS2/c1-16(2,15(20)18-7-9-21-10-8-18)12-17-14-6-4-3-5-13(14)11-19/h3-6,11,17H,7-10,12H2,1-2H3. The Morgan fingerprint density at radius 1 is 1.38 bits per heavy atom. The normalized spacial score (nSPS) is 15.6.